The highest BCUT2D eigenvalue weighted by molar-refractivity contribution is 9.10. The Hall–Kier alpha value is -1.68. The van der Waals surface area contributed by atoms with E-state index in [9.17, 15) is 9.18 Å². The maximum atomic E-state index is 13.2. The lowest BCUT2D eigenvalue weighted by molar-refractivity contribution is 0.102. The number of rotatable bonds is 2. The molecule has 0 heterocycles. The molecule has 0 fully saturated rings. The molecule has 0 unspecified atom stereocenters. The highest BCUT2D eigenvalue weighted by Gasteiger charge is 2.06. The van der Waals surface area contributed by atoms with Gasteiger partial charge >= 0.3 is 0 Å². The Morgan fingerprint density at radius 1 is 1.12 bits per heavy atom. The van der Waals surface area contributed by atoms with Gasteiger partial charge in [-0.2, -0.15) is 0 Å². The summed E-state index contributed by atoms with van der Waals surface area (Å²) in [7, 11) is 0. The van der Waals surface area contributed by atoms with Gasteiger partial charge in [0.15, 0.2) is 0 Å². The van der Waals surface area contributed by atoms with Crippen molar-refractivity contribution in [2.24, 2.45) is 0 Å². The van der Waals surface area contributed by atoms with Crippen molar-refractivity contribution < 1.29 is 9.18 Å². The summed E-state index contributed by atoms with van der Waals surface area (Å²) < 4.78 is 13.6. The van der Waals surface area contributed by atoms with Gasteiger partial charge in [-0.1, -0.05) is 18.2 Å². The second kappa shape index (κ2) is 5.10. The fourth-order valence-corrected chi connectivity index (χ4v) is 1.61. The Morgan fingerprint density at radius 2 is 1.82 bits per heavy atom. The van der Waals surface area contributed by atoms with E-state index in [0.717, 1.165) is 0 Å². The van der Waals surface area contributed by atoms with Crippen LogP contribution in [0.5, 0.6) is 0 Å². The molecule has 0 bridgehead atoms. The summed E-state index contributed by atoms with van der Waals surface area (Å²) in [5.41, 5.74) is 0.968. The summed E-state index contributed by atoms with van der Waals surface area (Å²) in [5.74, 6) is -0.664. The van der Waals surface area contributed by atoms with Crippen LogP contribution in [0, 0.1) is 5.82 Å². The zero-order valence-corrected chi connectivity index (χ0v) is 10.4. The van der Waals surface area contributed by atoms with Crippen LogP contribution >= 0.6 is 15.9 Å². The SMILES string of the molecule is O=C(Nc1ccc(Br)c(F)c1)c1ccccc1. The second-order valence-electron chi connectivity index (χ2n) is 3.45. The molecule has 0 aromatic heterocycles. The maximum absolute atomic E-state index is 13.2. The number of halogens is 2. The van der Waals surface area contributed by atoms with E-state index >= 15 is 0 Å². The monoisotopic (exact) mass is 293 g/mol. The third kappa shape index (κ3) is 2.91. The lowest BCUT2D eigenvalue weighted by atomic mass is 10.2. The van der Waals surface area contributed by atoms with Crippen molar-refractivity contribution in [3.63, 3.8) is 0 Å². The average molecular weight is 294 g/mol. The standard InChI is InChI=1S/C13H9BrFNO/c14-11-7-6-10(8-12(11)15)16-13(17)9-4-2-1-3-5-9/h1-8H,(H,16,17). The Kier molecular flexibility index (Phi) is 3.54. The second-order valence-corrected chi connectivity index (χ2v) is 4.30. The number of benzene rings is 2. The molecule has 4 heteroatoms. The molecule has 0 saturated carbocycles. The molecule has 2 aromatic carbocycles. The van der Waals surface area contributed by atoms with Crippen molar-refractivity contribution in [2.45, 2.75) is 0 Å². The summed E-state index contributed by atoms with van der Waals surface area (Å²) in [4.78, 5) is 11.8. The molecule has 86 valence electrons. The zero-order valence-electron chi connectivity index (χ0n) is 8.78. The molecular formula is C13H9BrFNO. The van der Waals surface area contributed by atoms with E-state index in [2.05, 4.69) is 21.2 Å². The van der Waals surface area contributed by atoms with Crippen molar-refractivity contribution >= 4 is 27.5 Å². The number of nitrogens with one attached hydrogen (secondary N) is 1. The molecule has 0 aliphatic rings. The number of carbonyl (C=O) groups is 1. The molecule has 2 nitrogen and oxygen atoms in total. The Morgan fingerprint density at radius 3 is 2.47 bits per heavy atom. The molecule has 2 aromatic rings. The Balaban J connectivity index is 2.16. The van der Waals surface area contributed by atoms with E-state index in [0.29, 0.717) is 15.7 Å². The van der Waals surface area contributed by atoms with Gasteiger partial charge in [0.2, 0.25) is 0 Å². The van der Waals surface area contributed by atoms with Crippen LogP contribution in [0.3, 0.4) is 0 Å². The number of amides is 1. The van der Waals surface area contributed by atoms with Crippen molar-refractivity contribution in [1.29, 1.82) is 0 Å². The zero-order chi connectivity index (χ0) is 12.3. The topological polar surface area (TPSA) is 29.1 Å². The minimum absolute atomic E-state index is 0.257. The predicted octanol–water partition coefficient (Wildman–Crippen LogP) is 3.84. The summed E-state index contributed by atoms with van der Waals surface area (Å²) in [6.07, 6.45) is 0. The van der Waals surface area contributed by atoms with Crippen molar-refractivity contribution in [3.8, 4) is 0 Å². The third-order valence-electron chi connectivity index (χ3n) is 2.21. The van der Waals surface area contributed by atoms with E-state index in [1.54, 1.807) is 36.4 Å². The van der Waals surface area contributed by atoms with Crippen LogP contribution in [0.2, 0.25) is 0 Å². The van der Waals surface area contributed by atoms with Crippen LogP contribution < -0.4 is 5.32 Å². The first-order valence-electron chi connectivity index (χ1n) is 4.98. The van der Waals surface area contributed by atoms with Crippen LogP contribution in [-0.4, -0.2) is 5.91 Å². The van der Waals surface area contributed by atoms with Crippen LogP contribution in [0.4, 0.5) is 10.1 Å². The molecule has 0 atom stereocenters. The number of anilines is 1. The largest absolute Gasteiger partial charge is 0.322 e. The Labute approximate surface area is 107 Å². The van der Waals surface area contributed by atoms with Gasteiger partial charge < -0.3 is 5.32 Å². The quantitative estimate of drug-likeness (QED) is 0.895. The maximum Gasteiger partial charge on any atom is 0.255 e. The molecule has 0 aliphatic carbocycles. The van der Waals surface area contributed by atoms with Gasteiger partial charge in [-0.05, 0) is 46.3 Å². The lowest BCUT2D eigenvalue weighted by Crippen LogP contribution is -2.11. The summed E-state index contributed by atoms with van der Waals surface area (Å²) in [5, 5.41) is 2.63. The Bertz CT molecular complexity index is 542. The van der Waals surface area contributed by atoms with E-state index in [1.165, 1.54) is 6.07 Å². The van der Waals surface area contributed by atoms with Gasteiger partial charge in [-0.3, -0.25) is 4.79 Å². The van der Waals surface area contributed by atoms with Gasteiger partial charge in [-0.15, -0.1) is 0 Å². The fourth-order valence-electron chi connectivity index (χ4n) is 1.37. The molecule has 0 saturated heterocycles. The first-order chi connectivity index (χ1) is 8.16. The number of hydrogen-bond donors (Lipinski definition) is 1. The minimum atomic E-state index is -0.407. The van der Waals surface area contributed by atoms with Crippen LogP contribution in [-0.2, 0) is 0 Å². The van der Waals surface area contributed by atoms with Crippen LogP contribution in [0.15, 0.2) is 53.0 Å². The van der Waals surface area contributed by atoms with E-state index < -0.39 is 5.82 Å². The fraction of sp³-hybridized carbons (Fsp3) is 0. The third-order valence-corrected chi connectivity index (χ3v) is 2.86. The van der Waals surface area contributed by atoms with Crippen LogP contribution in [0.25, 0.3) is 0 Å². The van der Waals surface area contributed by atoms with E-state index in [4.69, 9.17) is 0 Å². The average Bonchev–Trinajstić information content (AvgIpc) is 2.35. The normalized spacial score (nSPS) is 10.0. The molecule has 17 heavy (non-hydrogen) atoms. The first-order valence-corrected chi connectivity index (χ1v) is 5.77. The van der Waals surface area contributed by atoms with Crippen LogP contribution in [0.1, 0.15) is 10.4 Å². The van der Waals surface area contributed by atoms with Crippen molar-refractivity contribution in [3.05, 3.63) is 64.4 Å². The van der Waals surface area contributed by atoms with Gasteiger partial charge in [-0.25, -0.2) is 4.39 Å². The van der Waals surface area contributed by atoms with Gasteiger partial charge in [0.25, 0.3) is 5.91 Å². The van der Waals surface area contributed by atoms with Gasteiger partial charge in [0.05, 0.1) is 4.47 Å². The first kappa shape index (κ1) is 11.8. The molecule has 2 rings (SSSR count). The smallest absolute Gasteiger partial charge is 0.255 e. The number of carbonyl (C=O) groups excluding carboxylic acids is 1. The van der Waals surface area contributed by atoms with Gasteiger partial charge in [0, 0.05) is 11.3 Å². The predicted molar refractivity (Wildman–Crippen MR) is 68.5 cm³/mol. The summed E-state index contributed by atoms with van der Waals surface area (Å²) in [6, 6.07) is 13.2. The summed E-state index contributed by atoms with van der Waals surface area (Å²) in [6.45, 7) is 0. The lowest BCUT2D eigenvalue weighted by Gasteiger charge is -2.05. The van der Waals surface area contributed by atoms with E-state index in [-0.39, 0.29) is 5.91 Å². The van der Waals surface area contributed by atoms with Crippen molar-refractivity contribution in [1.82, 2.24) is 0 Å². The summed E-state index contributed by atoms with van der Waals surface area (Å²) >= 11 is 3.05. The van der Waals surface area contributed by atoms with Crippen molar-refractivity contribution in [2.75, 3.05) is 5.32 Å². The minimum Gasteiger partial charge on any atom is -0.322 e. The number of hydrogen-bond acceptors (Lipinski definition) is 1. The molecule has 1 amide bonds. The molecule has 0 aliphatic heterocycles. The molecule has 0 radical (unpaired) electrons. The van der Waals surface area contributed by atoms with E-state index in [1.807, 2.05) is 6.07 Å². The molecule has 0 spiro atoms. The molecule has 1 N–H and O–H groups in total. The highest BCUT2D eigenvalue weighted by Crippen LogP contribution is 2.19. The molecular weight excluding hydrogens is 285 g/mol. The van der Waals surface area contributed by atoms with Gasteiger partial charge in [0.1, 0.15) is 5.82 Å². The highest BCUT2D eigenvalue weighted by atomic mass is 79.9.